The van der Waals surface area contributed by atoms with Gasteiger partial charge in [0.25, 0.3) is 0 Å². The van der Waals surface area contributed by atoms with Crippen LogP contribution in [0.15, 0.2) is 0 Å². The fourth-order valence-corrected chi connectivity index (χ4v) is 1.02. The smallest absolute Gasteiger partial charge is 0.0563 e. The van der Waals surface area contributed by atoms with Gasteiger partial charge in [-0.05, 0) is 213 Å². The third-order valence-corrected chi connectivity index (χ3v) is 1.65. The van der Waals surface area contributed by atoms with E-state index in [-0.39, 0.29) is 123 Å². The summed E-state index contributed by atoms with van der Waals surface area (Å²) in [6, 6.07) is 0. The maximum absolute atomic E-state index is 8.52. The van der Waals surface area contributed by atoms with E-state index in [0.717, 1.165) is 26.4 Å². The first kappa shape index (κ1) is 92.0. The van der Waals surface area contributed by atoms with E-state index < -0.39 is 50.4 Å². The molecule has 9 N–H and O–H groups in total. The SMILES string of the molecule is C1CCOC1.C1CCOC1.CC(C)(C)O.CC(C)(C)O.CC(C)(C)O.CC(C)(C)O.CC(C)(C)O.CC(C)(C)O.CC(C)(C)O.CC(C)(C)O.CC(C)(C)O.[Nd].[Nd].[Nd]. The number of rotatable bonds is 0. The second kappa shape index (κ2) is 47.1. The Morgan fingerprint density at radius 2 is 0.259 bits per heavy atom. The predicted octanol–water partition coefficient (Wildman–Crippen LogP) is 8.59. The minimum Gasteiger partial charge on any atom is -0.391 e. The van der Waals surface area contributed by atoms with Crippen molar-refractivity contribution in [3.63, 3.8) is 0 Å². The largest absolute Gasteiger partial charge is 0.391 e. The summed E-state index contributed by atoms with van der Waals surface area (Å²) in [5.74, 6) is 0. The van der Waals surface area contributed by atoms with Crippen molar-refractivity contribution in [3.05, 3.63) is 0 Å². The van der Waals surface area contributed by atoms with E-state index in [2.05, 4.69) is 0 Å². The molecule has 0 aliphatic carbocycles. The Bertz CT molecular complexity index is 481. The molecule has 2 rings (SSSR count). The minimum atomic E-state index is -0.500. The maximum Gasteiger partial charge on any atom is 0.0563 e. The van der Waals surface area contributed by atoms with Gasteiger partial charge in [0.2, 0.25) is 0 Å². The van der Waals surface area contributed by atoms with Gasteiger partial charge in [-0.3, -0.25) is 0 Å². The van der Waals surface area contributed by atoms with Crippen molar-refractivity contribution in [1.82, 2.24) is 0 Å². The quantitative estimate of drug-likeness (QED) is 0.113. The van der Waals surface area contributed by atoms with Crippen molar-refractivity contribution in [1.29, 1.82) is 0 Å². The molecule has 0 aromatic carbocycles. The molecule has 0 spiro atoms. The zero-order valence-corrected chi connectivity index (χ0v) is 53.1. The van der Waals surface area contributed by atoms with E-state index >= 15 is 0 Å². The molecule has 2 heterocycles. The molecule has 2 aliphatic rings. The molecule has 0 bridgehead atoms. The van der Waals surface area contributed by atoms with Crippen LogP contribution in [0, 0.1) is 123 Å². The topological polar surface area (TPSA) is 201 Å². The second-order valence-corrected chi connectivity index (χ2v) is 22.2. The second-order valence-electron chi connectivity index (χ2n) is 22.2. The monoisotopic (exact) mass is 1240 g/mol. The fraction of sp³-hybridized carbons (Fsp3) is 1.00. The van der Waals surface area contributed by atoms with Crippen LogP contribution in [0.2, 0.25) is 0 Å². The average Bonchev–Trinajstić information content (AvgIpc) is 3.42. The third kappa shape index (κ3) is 1110. The molecule has 0 unspecified atom stereocenters. The Labute approximate surface area is 461 Å². The Kier molecular flexibility index (Phi) is 74.7. The van der Waals surface area contributed by atoms with Crippen molar-refractivity contribution in [2.75, 3.05) is 26.4 Å². The van der Waals surface area contributed by atoms with Gasteiger partial charge in [0.05, 0.1) is 50.4 Å². The summed E-state index contributed by atoms with van der Waals surface area (Å²) in [5.41, 5.74) is -4.50. The Morgan fingerprint density at radius 1 is 0.207 bits per heavy atom. The number of hydrogen-bond acceptors (Lipinski definition) is 11. The first-order chi connectivity index (χ1) is 23.0. The normalized spacial score (nSPS) is 13.4. The molecule has 11 nitrogen and oxygen atoms in total. The molecular weight excluding hydrogens is 1140 g/mol. The van der Waals surface area contributed by atoms with Crippen LogP contribution in [-0.4, -0.2) is 123 Å². The molecule has 14 heteroatoms. The summed E-state index contributed by atoms with van der Waals surface area (Å²) in [6.07, 6.45) is 5.11. The molecule has 2 aliphatic heterocycles. The number of ether oxygens (including phenoxy) is 2. The van der Waals surface area contributed by atoms with Crippen molar-refractivity contribution >= 4 is 0 Å². The average molecular weight is 1240 g/mol. The van der Waals surface area contributed by atoms with Crippen LogP contribution in [0.25, 0.3) is 0 Å². The fourth-order valence-electron chi connectivity index (χ4n) is 1.02. The molecule has 0 amide bonds. The van der Waals surface area contributed by atoms with Crippen molar-refractivity contribution in [3.8, 4) is 0 Å². The van der Waals surface area contributed by atoms with E-state index in [9.17, 15) is 0 Å². The summed E-state index contributed by atoms with van der Waals surface area (Å²) < 4.78 is 9.89. The Hall–Kier alpha value is 3.61. The number of hydrogen-bond donors (Lipinski definition) is 9. The summed E-state index contributed by atoms with van der Waals surface area (Å²) in [5, 5.41) is 76.7. The van der Waals surface area contributed by atoms with Gasteiger partial charge in [-0.25, -0.2) is 0 Å². The molecule has 0 atom stereocenters. The summed E-state index contributed by atoms with van der Waals surface area (Å²) in [4.78, 5) is 0. The van der Waals surface area contributed by atoms with Crippen LogP contribution < -0.4 is 0 Å². The summed E-state index contributed by atoms with van der Waals surface area (Å²) in [7, 11) is 0. The molecular formula is C44H106Nd3O11. The van der Waals surface area contributed by atoms with Crippen LogP contribution in [0.1, 0.15) is 213 Å². The Morgan fingerprint density at radius 3 is 0.276 bits per heavy atom. The third-order valence-electron chi connectivity index (χ3n) is 1.65. The van der Waals surface area contributed by atoms with Gasteiger partial charge in [-0.2, -0.15) is 0 Å². The molecule has 0 radical (unpaired) electrons. The summed E-state index contributed by atoms with van der Waals surface area (Å²) in [6.45, 7) is 51.1. The van der Waals surface area contributed by atoms with Gasteiger partial charge in [0, 0.05) is 149 Å². The van der Waals surface area contributed by atoms with Crippen LogP contribution in [0.4, 0.5) is 0 Å². The minimum absolute atomic E-state index is 0. The van der Waals surface area contributed by atoms with Gasteiger partial charge in [-0.15, -0.1) is 0 Å². The van der Waals surface area contributed by atoms with E-state index in [1.165, 1.54) is 25.7 Å². The van der Waals surface area contributed by atoms with E-state index in [1.54, 1.807) is 187 Å². The zero-order valence-electron chi connectivity index (χ0n) is 43.5. The molecule has 0 aromatic heterocycles. The van der Waals surface area contributed by atoms with Crippen LogP contribution in [0.3, 0.4) is 0 Å². The standard InChI is InChI=1S/2C4H8O.9C4H10O.3Nd/c2*1-2-4-5-3-1;9*1-4(2,3)5;;;/h2*1-4H2;9*5H,1-3H3;;;. The van der Waals surface area contributed by atoms with Gasteiger partial charge in [0.1, 0.15) is 0 Å². The molecule has 0 saturated carbocycles. The molecule has 2 fully saturated rings. The van der Waals surface area contributed by atoms with Crippen LogP contribution >= 0.6 is 0 Å². The van der Waals surface area contributed by atoms with Gasteiger partial charge >= 0.3 is 0 Å². The van der Waals surface area contributed by atoms with E-state index in [0.29, 0.717) is 0 Å². The van der Waals surface area contributed by atoms with Gasteiger partial charge in [0.15, 0.2) is 0 Å². The first-order valence-electron chi connectivity index (χ1n) is 19.7. The van der Waals surface area contributed by atoms with Crippen molar-refractivity contribution in [2.45, 2.75) is 263 Å². The van der Waals surface area contributed by atoms with Crippen molar-refractivity contribution < 1.29 is 178 Å². The number of aliphatic hydroxyl groups is 9. The van der Waals surface area contributed by atoms with Gasteiger partial charge < -0.3 is 55.4 Å². The van der Waals surface area contributed by atoms with Crippen LogP contribution in [0.5, 0.6) is 0 Å². The Balaban J connectivity index is -0.0000000399. The summed E-state index contributed by atoms with van der Waals surface area (Å²) >= 11 is 0. The zero-order chi connectivity index (χ0) is 47.6. The van der Waals surface area contributed by atoms with Crippen LogP contribution in [-0.2, 0) is 9.47 Å². The first-order valence-corrected chi connectivity index (χ1v) is 19.7. The molecule has 2 saturated heterocycles. The maximum atomic E-state index is 8.52. The molecule has 360 valence electrons. The molecule has 58 heavy (non-hydrogen) atoms. The van der Waals surface area contributed by atoms with Crippen molar-refractivity contribution in [2.24, 2.45) is 0 Å². The van der Waals surface area contributed by atoms with E-state index in [1.807, 2.05) is 0 Å². The van der Waals surface area contributed by atoms with E-state index in [4.69, 9.17) is 55.4 Å². The molecule has 0 aromatic rings. The predicted molar refractivity (Wildman–Crippen MR) is 238 cm³/mol. The van der Waals surface area contributed by atoms with Gasteiger partial charge in [-0.1, -0.05) is 0 Å².